The molecule has 0 aromatic carbocycles. The van der Waals surface area contributed by atoms with E-state index in [-0.39, 0.29) is 19.0 Å². The first-order valence-corrected chi connectivity index (χ1v) is 6.96. The molecule has 1 rings (SSSR count). The summed E-state index contributed by atoms with van der Waals surface area (Å²) in [6.45, 7) is 8.96. The summed E-state index contributed by atoms with van der Waals surface area (Å²) in [4.78, 5) is 26.5. The number of rotatable bonds is 5. The predicted octanol–water partition coefficient (Wildman–Crippen LogP) is 0.975. The molecule has 2 amide bonds. The van der Waals surface area contributed by atoms with Crippen LogP contribution < -0.4 is 5.32 Å². The maximum Gasteiger partial charge on any atom is 0.317 e. The third-order valence-corrected chi connectivity index (χ3v) is 3.57. The van der Waals surface area contributed by atoms with E-state index in [1.54, 1.807) is 4.90 Å². The highest BCUT2D eigenvalue weighted by atomic mass is 16.4. The normalized spacial score (nSPS) is 20.6. The monoisotopic (exact) mass is 271 g/mol. The van der Waals surface area contributed by atoms with E-state index in [2.05, 4.69) is 31.0 Å². The van der Waals surface area contributed by atoms with Gasteiger partial charge in [0.1, 0.15) is 0 Å². The molecule has 110 valence electrons. The number of amides is 2. The van der Waals surface area contributed by atoms with Crippen LogP contribution in [0.15, 0.2) is 0 Å². The van der Waals surface area contributed by atoms with Gasteiger partial charge in [0.2, 0.25) is 0 Å². The second-order valence-electron chi connectivity index (χ2n) is 5.22. The van der Waals surface area contributed by atoms with Crippen LogP contribution in [0.3, 0.4) is 0 Å². The second-order valence-corrected chi connectivity index (χ2v) is 5.22. The number of nitrogens with zero attached hydrogens (tertiary/aromatic N) is 2. The van der Waals surface area contributed by atoms with E-state index in [9.17, 15) is 9.59 Å². The number of carboxylic acids is 1. The van der Waals surface area contributed by atoms with Crippen LogP contribution >= 0.6 is 0 Å². The van der Waals surface area contributed by atoms with Crippen LogP contribution in [0.1, 0.15) is 33.6 Å². The molecule has 1 atom stereocenters. The Bertz CT molecular complexity index is 320. The molecule has 6 nitrogen and oxygen atoms in total. The molecular formula is C13H25N3O3. The Morgan fingerprint density at radius 2 is 2.05 bits per heavy atom. The van der Waals surface area contributed by atoms with E-state index in [0.717, 1.165) is 13.0 Å². The van der Waals surface area contributed by atoms with Crippen LogP contribution in [0.5, 0.6) is 0 Å². The molecule has 6 heteroatoms. The first kappa shape index (κ1) is 15.8. The van der Waals surface area contributed by atoms with Crippen molar-refractivity contribution in [2.75, 3.05) is 26.2 Å². The van der Waals surface area contributed by atoms with Gasteiger partial charge in [0.25, 0.3) is 0 Å². The van der Waals surface area contributed by atoms with Crippen LogP contribution in [0.2, 0.25) is 0 Å². The number of carbonyl (C=O) groups is 2. The first-order chi connectivity index (χ1) is 8.95. The van der Waals surface area contributed by atoms with Gasteiger partial charge in [-0.1, -0.05) is 6.92 Å². The average molecular weight is 271 g/mol. The number of hydrogen-bond acceptors (Lipinski definition) is 3. The lowest BCUT2D eigenvalue weighted by Gasteiger charge is -2.43. The van der Waals surface area contributed by atoms with Gasteiger partial charge in [-0.15, -0.1) is 0 Å². The maximum atomic E-state index is 11.9. The fraction of sp³-hybridized carbons (Fsp3) is 0.846. The molecule has 1 saturated heterocycles. The minimum atomic E-state index is -0.892. The zero-order valence-corrected chi connectivity index (χ0v) is 12.1. The summed E-state index contributed by atoms with van der Waals surface area (Å²) in [5, 5.41) is 11.2. The van der Waals surface area contributed by atoms with Crippen LogP contribution in [0.25, 0.3) is 0 Å². The minimum absolute atomic E-state index is 0.0328. The molecule has 1 fully saturated rings. The van der Waals surface area contributed by atoms with Crippen molar-refractivity contribution in [3.63, 3.8) is 0 Å². The lowest BCUT2D eigenvalue weighted by molar-refractivity contribution is -0.136. The number of nitrogens with one attached hydrogen (secondary N) is 1. The molecule has 1 aliphatic rings. The van der Waals surface area contributed by atoms with Gasteiger partial charge in [-0.2, -0.15) is 0 Å². The summed E-state index contributed by atoms with van der Waals surface area (Å²) >= 11 is 0. The molecule has 0 saturated carbocycles. The molecule has 19 heavy (non-hydrogen) atoms. The Balaban J connectivity index is 2.44. The fourth-order valence-corrected chi connectivity index (χ4v) is 2.49. The number of urea groups is 1. The Kier molecular flexibility index (Phi) is 6.08. The van der Waals surface area contributed by atoms with E-state index in [0.29, 0.717) is 25.2 Å². The van der Waals surface area contributed by atoms with Crippen LogP contribution in [0, 0.1) is 0 Å². The van der Waals surface area contributed by atoms with Gasteiger partial charge in [-0.3, -0.25) is 9.69 Å². The SMILES string of the molecule is CCC1CN(C(=O)NCCC(=O)O)CCN1C(C)C. The van der Waals surface area contributed by atoms with Crippen LogP contribution in [-0.4, -0.2) is 65.2 Å². The molecular weight excluding hydrogens is 246 g/mol. The number of piperazine rings is 1. The van der Waals surface area contributed by atoms with Gasteiger partial charge in [0.15, 0.2) is 0 Å². The zero-order chi connectivity index (χ0) is 14.4. The van der Waals surface area contributed by atoms with E-state index >= 15 is 0 Å². The Hall–Kier alpha value is -1.30. The Labute approximate surface area is 114 Å². The molecule has 1 heterocycles. The van der Waals surface area contributed by atoms with E-state index < -0.39 is 5.97 Å². The molecule has 1 unspecified atom stereocenters. The summed E-state index contributed by atoms with van der Waals surface area (Å²) in [5.74, 6) is -0.892. The number of carbonyl (C=O) groups excluding carboxylic acids is 1. The average Bonchev–Trinajstić information content (AvgIpc) is 2.37. The van der Waals surface area contributed by atoms with Crippen molar-refractivity contribution in [1.29, 1.82) is 0 Å². The second kappa shape index (κ2) is 7.33. The van der Waals surface area contributed by atoms with Crippen molar-refractivity contribution in [1.82, 2.24) is 15.1 Å². The van der Waals surface area contributed by atoms with Gasteiger partial charge in [0.05, 0.1) is 6.42 Å². The third kappa shape index (κ3) is 4.70. The highest BCUT2D eigenvalue weighted by Crippen LogP contribution is 2.15. The summed E-state index contributed by atoms with van der Waals surface area (Å²) in [6, 6.07) is 0.726. The van der Waals surface area contributed by atoms with E-state index in [1.807, 2.05) is 0 Å². The third-order valence-electron chi connectivity index (χ3n) is 3.57. The van der Waals surface area contributed by atoms with Gasteiger partial charge in [0, 0.05) is 38.3 Å². The molecule has 1 aliphatic heterocycles. The summed E-state index contributed by atoms with van der Waals surface area (Å²) in [7, 11) is 0. The zero-order valence-electron chi connectivity index (χ0n) is 12.1. The van der Waals surface area contributed by atoms with Gasteiger partial charge in [-0.05, 0) is 20.3 Å². The van der Waals surface area contributed by atoms with Gasteiger partial charge >= 0.3 is 12.0 Å². The number of carboxylic acid groups (broad SMARTS) is 1. The van der Waals surface area contributed by atoms with Crippen LogP contribution in [-0.2, 0) is 4.79 Å². The van der Waals surface area contributed by atoms with E-state index in [1.165, 1.54) is 0 Å². The van der Waals surface area contributed by atoms with Crippen molar-refractivity contribution >= 4 is 12.0 Å². The Morgan fingerprint density at radius 1 is 1.37 bits per heavy atom. The maximum absolute atomic E-state index is 11.9. The highest BCUT2D eigenvalue weighted by Gasteiger charge is 2.29. The van der Waals surface area contributed by atoms with E-state index in [4.69, 9.17) is 5.11 Å². The van der Waals surface area contributed by atoms with Gasteiger partial charge < -0.3 is 15.3 Å². The minimum Gasteiger partial charge on any atom is -0.481 e. The largest absolute Gasteiger partial charge is 0.481 e. The summed E-state index contributed by atoms with van der Waals surface area (Å²) in [5.41, 5.74) is 0. The molecule has 0 aromatic heterocycles. The summed E-state index contributed by atoms with van der Waals surface area (Å²) in [6.07, 6.45) is 0.978. The molecule has 0 aromatic rings. The molecule has 0 bridgehead atoms. The van der Waals surface area contributed by atoms with Crippen molar-refractivity contribution in [3.8, 4) is 0 Å². The van der Waals surface area contributed by atoms with Crippen molar-refractivity contribution in [3.05, 3.63) is 0 Å². The molecule has 0 spiro atoms. The molecule has 0 aliphatic carbocycles. The Morgan fingerprint density at radius 3 is 2.58 bits per heavy atom. The number of hydrogen-bond donors (Lipinski definition) is 2. The molecule has 0 radical (unpaired) electrons. The quantitative estimate of drug-likeness (QED) is 0.781. The topological polar surface area (TPSA) is 72.9 Å². The first-order valence-electron chi connectivity index (χ1n) is 6.96. The smallest absolute Gasteiger partial charge is 0.317 e. The van der Waals surface area contributed by atoms with Crippen LogP contribution in [0.4, 0.5) is 4.79 Å². The lowest BCUT2D eigenvalue weighted by Crippen LogP contribution is -2.58. The standard InChI is InChI=1S/C13H25N3O3/c1-4-11-9-15(7-8-16(11)10(2)3)13(19)14-6-5-12(17)18/h10-11H,4-9H2,1-3H3,(H,14,19)(H,17,18). The lowest BCUT2D eigenvalue weighted by atomic mass is 10.1. The van der Waals surface area contributed by atoms with Gasteiger partial charge in [-0.25, -0.2) is 4.79 Å². The highest BCUT2D eigenvalue weighted by molar-refractivity contribution is 5.75. The summed E-state index contributed by atoms with van der Waals surface area (Å²) < 4.78 is 0. The molecule has 2 N–H and O–H groups in total. The van der Waals surface area contributed by atoms with Crippen molar-refractivity contribution < 1.29 is 14.7 Å². The van der Waals surface area contributed by atoms with Crippen molar-refractivity contribution in [2.45, 2.75) is 45.7 Å². The number of aliphatic carboxylic acids is 1. The fourth-order valence-electron chi connectivity index (χ4n) is 2.49. The van der Waals surface area contributed by atoms with Crippen molar-refractivity contribution in [2.24, 2.45) is 0 Å². The predicted molar refractivity (Wildman–Crippen MR) is 73.1 cm³/mol.